The minimum atomic E-state index is -4.28. The molecule has 2 nitrogen and oxygen atoms in total. The Bertz CT molecular complexity index is 760. The highest BCUT2D eigenvalue weighted by Gasteiger charge is 2.30. The number of benzene rings is 1. The Morgan fingerprint density at radius 3 is 2.78 bits per heavy atom. The molecule has 1 aromatic carbocycles. The smallest absolute Gasteiger partial charge is 0.337 e. The number of aromatic nitrogens is 2. The van der Waals surface area contributed by atoms with Crippen LogP contribution in [-0.2, 0) is 19.1 Å². The van der Waals surface area contributed by atoms with Gasteiger partial charge in [-0.05, 0) is 35.9 Å². The van der Waals surface area contributed by atoms with Gasteiger partial charge in [0.1, 0.15) is 0 Å². The molecule has 3 rings (SSSR count). The Morgan fingerprint density at radius 2 is 2.04 bits per heavy atom. The molecule has 0 aliphatic rings. The van der Waals surface area contributed by atoms with Crippen molar-refractivity contribution in [1.29, 1.82) is 0 Å². The van der Waals surface area contributed by atoms with Gasteiger partial charge in [-0.15, -0.1) is 0 Å². The molecule has 2 heterocycles. The van der Waals surface area contributed by atoms with Crippen LogP contribution in [0.5, 0.6) is 0 Å². The molecule has 3 aromatic rings. The molecule has 0 N–H and O–H groups in total. The molecule has 0 saturated heterocycles. The molecule has 0 unspecified atom stereocenters. The molecule has 120 valence electrons. The minimum absolute atomic E-state index is 0.586. The summed E-state index contributed by atoms with van der Waals surface area (Å²) in [4.78, 5) is 4.35. The van der Waals surface area contributed by atoms with Gasteiger partial charge in [-0.2, -0.15) is 24.5 Å². The number of imidazole rings is 1. The monoisotopic (exact) mass is 336 g/mol. The molecular weight excluding hydrogens is 321 g/mol. The average Bonchev–Trinajstić information content (AvgIpc) is 3.18. The number of rotatable bonds is 5. The molecule has 0 aliphatic heterocycles. The van der Waals surface area contributed by atoms with Crippen LogP contribution in [0.1, 0.15) is 17.5 Å². The first-order chi connectivity index (χ1) is 11.0. The van der Waals surface area contributed by atoms with Crippen LogP contribution in [0.3, 0.4) is 0 Å². The number of alkyl halides is 3. The van der Waals surface area contributed by atoms with E-state index < -0.39 is 11.7 Å². The lowest BCUT2D eigenvalue weighted by Gasteiger charge is -2.08. The summed E-state index contributed by atoms with van der Waals surface area (Å²) in [5, 5.41) is 4.04. The van der Waals surface area contributed by atoms with Gasteiger partial charge in [0.25, 0.3) is 0 Å². The molecule has 0 radical (unpaired) electrons. The number of nitrogens with zero attached hydrogens (tertiary/aromatic N) is 2. The van der Waals surface area contributed by atoms with Gasteiger partial charge in [0.15, 0.2) is 0 Å². The summed E-state index contributed by atoms with van der Waals surface area (Å²) in [7, 11) is 0. The molecule has 0 bridgehead atoms. The zero-order valence-electron chi connectivity index (χ0n) is 12.3. The number of thiophene rings is 1. The first-order valence-electron chi connectivity index (χ1n) is 7.23. The van der Waals surface area contributed by atoms with Gasteiger partial charge in [0.05, 0.1) is 17.6 Å². The molecule has 23 heavy (non-hydrogen) atoms. The third kappa shape index (κ3) is 4.01. The molecular formula is C17H15F3N2S. The first kappa shape index (κ1) is 15.8. The Balaban J connectivity index is 1.58. The van der Waals surface area contributed by atoms with Crippen LogP contribution < -0.4 is 0 Å². The van der Waals surface area contributed by atoms with Crippen molar-refractivity contribution >= 4 is 11.3 Å². The average molecular weight is 336 g/mol. The van der Waals surface area contributed by atoms with Crippen LogP contribution in [0.15, 0.2) is 53.6 Å². The zero-order valence-corrected chi connectivity index (χ0v) is 13.1. The van der Waals surface area contributed by atoms with Crippen LogP contribution >= 0.6 is 11.3 Å². The Hall–Kier alpha value is -2.08. The maximum absolute atomic E-state index is 12.7. The van der Waals surface area contributed by atoms with Crippen molar-refractivity contribution in [1.82, 2.24) is 9.55 Å². The minimum Gasteiger partial charge on any atom is -0.337 e. The molecule has 0 amide bonds. The highest BCUT2D eigenvalue weighted by Crippen LogP contribution is 2.29. The third-order valence-corrected chi connectivity index (χ3v) is 4.27. The maximum atomic E-state index is 12.7. The van der Waals surface area contributed by atoms with Crippen molar-refractivity contribution in [3.05, 3.63) is 64.7 Å². The van der Waals surface area contributed by atoms with Gasteiger partial charge in [-0.25, -0.2) is 4.98 Å². The van der Waals surface area contributed by atoms with E-state index in [0.29, 0.717) is 12.0 Å². The highest BCUT2D eigenvalue weighted by atomic mass is 32.1. The predicted molar refractivity (Wildman–Crippen MR) is 85.3 cm³/mol. The van der Waals surface area contributed by atoms with Crippen LogP contribution in [0.25, 0.3) is 11.3 Å². The zero-order chi connectivity index (χ0) is 16.3. The Morgan fingerprint density at radius 1 is 1.17 bits per heavy atom. The SMILES string of the molecule is FC(F)(F)c1cccc(CCCn2cnc(-c3ccsc3)c2)c1. The van der Waals surface area contributed by atoms with E-state index in [2.05, 4.69) is 4.98 Å². The second-order valence-electron chi connectivity index (χ2n) is 5.31. The summed E-state index contributed by atoms with van der Waals surface area (Å²) in [5.41, 5.74) is 2.13. The Labute approximate surface area is 136 Å². The van der Waals surface area contributed by atoms with Crippen LogP contribution in [0.4, 0.5) is 13.2 Å². The topological polar surface area (TPSA) is 17.8 Å². The molecule has 0 spiro atoms. The van der Waals surface area contributed by atoms with E-state index in [4.69, 9.17) is 0 Å². The van der Waals surface area contributed by atoms with Gasteiger partial charge in [0, 0.05) is 23.7 Å². The van der Waals surface area contributed by atoms with Crippen molar-refractivity contribution in [2.24, 2.45) is 0 Å². The van der Waals surface area contributed by atoms with Crippen molar-refractivity contribution in [3.63, 3.8) is 0 Å². The fraction of sp³-hybridized carbons (Fsp3) is 0.235. The fourth-order valence-corrected chi connectivity index (χ4v) is 3.06. The summed E-state index contributed by atoms with van der Waals surface area (Å²) in [5.74, 6) is 0. The fourth-order valence-electron chi connectivity index (χ4n) is 2.41. The summed E-state index contributed by atoms with van der Waals surface area (Å²) in [6.07, 6.45) is 0.819. The number of aryl methyl sites for hydroxylation is 2. The van der Waals surface area contributed by atoms with Crippen molar-refractivity contribution in [2.75, 3.05) is 0 Å². The van der Waals surface area contributed by atoms with Crippen molar-refractivity contribution < 1.29 is 13.2 Å². The van der Waals surface area contributed by atoms with Crippen LogP contribution in [0, 0.1) is 0 Å². The Kier molecular flexibility index (Phi) is 4.52. The van der Waals surface area contributed by atoms with E-state index in [0.717, 1.165) is 30.3 Å². The maximum Gasteiger partial charge on any atom is 0.416 e. The van der Waals surface area contributed by atoms with Crippen molar-refractivity contribution in [3.8, 4) is 11.3 Å². The largest absolute Gasteiger partial charge is 0.416 e. The van der Waals surface area contributed by atoms with E-state index in [1.165, 1.54) is 12.1 Å². The van der Waals surface area contributed by atoms with Gasteiger partial charge in [-0.1, -0.05) is 18.2 Å². The lowest BCUT2D eigenvalue weighted by Crippen LogP contribution is -2.05. The van der Waals surface area contributed by atoms with Gasteiger partial charge >= 0.3 is 6.18 Å². The van der Waals surface area contributed by atoms with E-state index in [1.807, 2.05) is 27.6 Å². The highest BCUT2D eigenvalue weighted by molar-refractivity contribution is 7.08. The first-order valence-corrected chi connectivity index (χ1v) is 8.17. The summed E-state index contributed by atoms with van der Waals surface area (Å²) in [6.45, 7) is 0.730. The van der Waals surface area contributed by atoms with Gasteiger partial charge < -0.3 is 4.57 Å². The number of hydrogen-bond donors (Lipinski definition) is 0. The lowest BCUT2D eigenvalue weighted by atomic mass is 10.1. The van der Waals surface area contributed by atoms with Crippen LogP contribution in [0.2, 0.25) is 0 Å². The summed E-state index contributed by atoms with van der Waals surface area (Å²) >= 11 is 1.62. The quantitative estimate of drug-likeness (QED) is 0.621. The third-order valence-electron chi connectivity index (χ3n) is 3.59. The van der Waals surface area contributed by atoms with Gasteiger partial charge in [-0.3, -0.25) is 0 Å². The van der Waals surface area contributed by atoms with E-state index in [-0.39, 0.29) is 0 Å². The summed E-state index contributed by atoms with van der Waals surface area (Å²) < 4.78 is 40.0. The molecule has 6 heteroatoms. The summed E-state index contributed by atoms with van der Waals surface area (Å²) in [6, 6.07) is 7.54. The van der Waals surface area contributed by atoms with E-state index in [9.17, 15) is 13.2 Å². The number of hydrogen-bond acceptors (Lipinski definition) is 2. The second kappa shape index (κ2) is 6.58. The standard InChI is InChI=1S/C17H15F3N2S/c18-17(19,20)15-5-1-3-13(9-15)4-2-7-22-10-16(21-12-22)14-6-8-23-11-14/h1,3,5-6,8-12H,2,4,7H2. The lowest BCUT2D eigenvalue weighted by molar-refractivity contribution is -0.137. The molecule has 0 fully saturated rings. The second-order valence-corrected chi connectivity index (χ2v) is 6.09. The molecule has 0 aliphatic carbocycles. The molecule has 0 saturated carbocycles. The van der Waals surface area contributed by atoms with E-state index in [1.54, 1.807) is 23.7 Å². The van der Waals surface area contributed by atoms with Crippen LogP contribution in [-0.4, -0.2) is 9.55 Å². The molecule has 0 atom stereocenters. The molecule has 2 aromatic heterocycles. The number of halogens is 3. The van der Waals surface area contributed by atoms with Gasteiger partial charge in [0.2, 0.25) is 0 Å². The van der Waals surface area contributed by atoms with Crippen molar-refractivity contribution in [2.45, 2.75) is 25.6 Å². The van der Waals surface area contributed by atoms with E-state index >= 15 is 0 Å². The predicted octanol–water partition coefficient (Wildman–Crippen LogP) is 5.26. The normalized spacial score (nSPS) is 11.8.